The predicted molar refractivity (Wildman–Crippen MR) is 93.4 cm³/mol. The maximum absolute atomic E-state index is 4.50. The first kappa shape index (κ1) is 18.1. The lowest BCUT2D eigenvalue weighted by Gasteiger charge is -2.21. The third-order valence-corrected chi connectivity index (χ3v) is 5.06. The maximum Gasteiger partial charge on any atom is 0.0704 e. The quantitative estimate of drug-likeness (QED) is 0.665. The van der Waals surface area contributed by atoms with Crippen LogP contribution in [-0.4, -0.2) is 27.8 Å². The molecule has 0 saturated heterocycles. The maximum atomic E-state index is 4.50. The molecule has 1 unspecified atom stereocenters. The second kappa shape index (κ2) is 9.85. The van der Waals surface area contributed by atoms with Gasteiger partial charge in [-0.1, -0.05) is 27.7 Å². The zero-order valence-electron chi connectivity index (χ0n) is 13.2. The Morgan fingerprint density at radius 2 is 2.05 bits per heavy atom. The number of hydrogen-bond acceptors (Lipinski definition) is 3. The Hall–Kier alpha value is 0. The van der Waals surface area contributed by atoms with Gasteiger partial charge in [-0.15, -0.1) is 0 Å². The van der Waals surface area contributed by atoms with Crippen molar-refractivity contribution in [3.8, 4) is 0 Å². The Kier molecular flexibility index (Phi) is 8.89. The van der Waals surface area contributed by atoms with E-state index in [0.29, 0.717) is 6.04 Å². The number of aryl methyl sites for hydroxylation is 1. The van der Waals surface area contributed by atoms with Crippen LogP contribution in [0.4, 0.5) is 0 Å². The first-order valence-corrected chi connectivity index (χ1v) is 9.57. The molecule has 1 aromatic rings. The summed E-state index contributed by atoms with van der Waals surface area (Å²) in [6, 6.07) is 0.377. The van der Waals surface area contributed by atoms with Crippen molar-refractivity contribution in [1.82, 2.24) is 15.1 Å². The minimum absolute atomic E-state index is 0.377. The van der Waals surface area contributed by atoms with Crippen molar-refractivity contribution in [3.63, 3.8) is 0 Å². The molecular weight excluding hydrogens is 334 g/mol. The molecule has 0 fully saturated rings. The fraction of sp³-hybridized carbons (Fsp3) is 0.800. The van der Waals surface area contributed by atoms with Crippen LogP contribution in [0.5, 0.6) is 0 Å². The van der Waals surface area contributed by atoms with Gasteiger partial charge in [-0.05, 0) is 47.0 Å². The van der Waals surface area contributed by atoms with E-state index in [0.717, 1.165) is 42.1 Å². The Bertz CT molecular complexity index is 379. The van der Waals surface area contributed by atoms with E-state index in [-0.39, 0.29) is 0 Å². The van der Waals surface area contributed by atoms with Gasteiger partial charge in [-0.2, -0.15) is 16.9 Å². The lowest BCUT2D eigenvalue weighted by atomic mass is 10.2. The smallest absolute Gasteiger partial charge is 0.0704 e. The van der Waals surface area contributed by atoms with Gasteiger partial charge in [0, 0.05) is 12.3 Å². The topological polar surface area (TPSA) is 29.9 Å². The lowest BCUT2D eigenvalue weighted by Crippen LogP contribution is -2.27. The largest absolute Gasteiger partial charge is 0.308 e. The van der Waals surface area contributed by atoms with Crippen molar-refractivity contribution in [2.75, 3.05) is 18.1 Å². The Morgan fingerprint density at radius 1 is 1.30 bits per heavy atom. The highest BCUT2D eigenvalue weighted by atomic mass is 79.9. The van der Waals surface area contributed by atoms with Gasteiger partial charge in [0.15, 0.2) is 0 Å². The molecule has 116 valence electrons. The highest BCUT2D eigenvalue weighted by molar-refractivity contribution is 9.10. The molecule has 5 heteroatoms. The number of aromatic nitrogens is 2. The molecule has 0 aliphatic rings. The van der Waals surface area contributed by atoms with Crippen molar-refractivity contribution >= 4 is 27.7 Å². The second-order valence-corrected chi connectivity index (χ2v) is 7.47. The van der Waals surface area contributed by atoms with Crippen molar-refractivity contribution in [1.29, 1.82) is 0 Å². The van der Waals surface area contributed by atoms with E-state index in [2.05, 4.69) is 58.7 Å². The SMILES string of the molecule is CCCNC(CSCC(C)C)c1c(Br)cnn1CCC. The van der Waals surface area contributed by atoms with E-state index in [1.165, 1.54) is 11.4 Å². The van der Waals surface area contributed by atoms with E-state index in [1.807, 2.05) is 18.0 Å². The van der Waals surface area contributed by atoms with Gasteiger partial charge in [0.05, 0.1) is 22.4 Å². The van der Waals surface area contributed by atoms with Crippen LogP contribution < -0.4 is 5.32 Å². The van der Waals surface area contributed by atoms with Crippen LogP contribution in [0.2, 0.25) is 0 Å². The van der Waals surface area contributed by atoms with Gasteiger partial charge in [-0.25, -0.2) is 0 Å². The number of halogens is 1. The molecule has 3 nitrogen and oxygen atoms in total. The molecule has 0 aliphatic heterocycles. The molecule has 0 aromatic carbocycles. The summed E-state index contributed by atoms with van der Waals surface area (Å²) in [5, 5.41) is 8.17. The minimum Gasteiger partial charge on any atom is -0.308 e. The van der Waals surface area contributed by atoms with E-state index in [1.54, 1.807) is 0 Å². The Balaban J connectivity index is 2.77. The summed E-state index contributed by atoms with van der Waals surface area (Å²) in [5.74, 6) is 3.06. The lowest BCUT2D eigenvalue weighted by molar-refractivity contribution is 0.497. The second-order valence-electron chi connectivity index (χ2n) is 5.54. The minimum atomic E-state index is 0.377. The zero-order valence-corrected chi connectivity index (χ0v) is 15.6. The van der Waals surface area contributed by atoms with Crippen LogP contribution in [0.25, 0.3) is 0 Å². The molecular formula is C15H28BrN3S. The molecule has 1 atom stereocenters. The third kappa shape index (κ3) is 5.78. The molecule has 1 heterocycles. The number of nitrogens with zero attached hydrogens (tertiary/aromatic N) is 2. The van der Waals surface area contributed by atoms with Crippen LogP contribution in [-0.2, 0) is 6.54 Å². The van der Waals surface area contributed by atoms with Crippen LogP contribution in [0, 0.1) is 5.92 Å². The number of nitrogens with one attached hydrogen (secondary N) is 1. The third-order valence-electron chi connectivity index (χ3n) is 2.98. The molecule has 0 spiro atoms. The zero-order chi connectivity index (χ0) is 15.0. The van der Waals surface area contributed by atoms with Crippen LogP contribution >= 0.6 is 27.7 Å². The van der Waals surface area contributed by atoms with Gasteiger partial charge in [0.1, 0.15) is 0 Å². The fourth-order valence-corrected chi connectivity index (χ4v) is 3.77. The fourth-order valence-electron chi connectivity index (χ4n) is 2.08. The summed E-state index contributed by atoms with van der Waals surface area (Å²) < 4.78 is 3.28. The molecule has 1 aromatic heterocycles. The number of rotatable bonds is 10. The van der Waals surface area contributed by atoms with Gasteiger partial charge in [-0.3, -0.25) is 4.68 Å². The van der Waals surface area contributed by atoms with Crippen molar-refractivity contribution < 1.29 is 0 Å². The molecule has 1 rings (SSSR count). The van der Waals surface area contributed by atoms with Crippen LogP contribution in [0.3, 0.4) is 0 Å². The first-order chi connectivity index (χ1) is 9.60. The first-order valence-electron chi connectivity index (χ1n) is 7.62. The van der Waals surface area contributed by atoms with E-state index >= 15 is 0 Å². The van der Waals surface area contributed by atoms with Crippen LogP contribution in [0.1, 0.15) is 52.3 Å². The summed E-state index contributed by atoms with van der Waals surface area (Å²) in [4.78, 5) is 0. The van der Waals surface area contributed by atoms with E-state index < -0.39 is 0 Å². The average Bonchev–Trinajstić information content (AvgIpc) is 2.75. The van der Waals surface area contributed by atoms with Crippen molar-refractivity contribution in [2.45, 2.75) is 53.1 Å². The summed E-state index contributed by atoms with van der Waals surface area (Å²) in [5.41, 5.74) is 1.30. The number of thioether (sulfide) groups is 1. The van der Waals surface area contributed by atoms with Crippen molar-refractivity contribution in [2.24, 2.45) is 5.92 Å². The highest BCUT2D eigenvalue weighted by Crippen LogP contribution is 2.27. The molecule has 20 heavy (non-hydrogen) atoms. The van der Waals surface area contributed by atoms with E-state index in [9.17, 15) is 0 Å². The molecule has 0 bridgehead atoms. The Morgan fingerprint density at radius 3 is 2.65 bits per heavy atom. The van der Waals surface area contributed by atoms with E-state index in [4.69, 9.17) is 0 Å². The molecule has 0 amide bonds. The number of hydrogen-bond donors (Lipinski definition) is 1. The average molecular weight is 362 g/mol. The molecule has 0 aliphatic carbocycles. The summed E-state index contributed by atoms with van der Waals surface area (Å²) in [6.45, 7) is 11.0. The summed E-state index contributed by atoms with van der Waals surface area (Å²) in [6.07, 6.45) is 4.20. The highest BCUT2D eigenvalue weighted by Gasteiger charge is 2.19. The van der Waals surface area contributed by atoms with Gasteiger partial charge < -0.3 is 5.32 Å². The Labute approximate surface area is 136 Å². The van der Waals surface area contributed by atoms with Gasteiger partial charge in [0.2, 0.25) is 0 Å². The normalized spacial score (nSPS) is 13.1. The predicted octanol–water partition coefficient (Wildman–Crippen LogP) is 4.49. The molecule has 1 N–H and O–H groups in total. The van der Waals surface area contributed by atoms with Crippen LogP contribution in [0.15, 0.2) is 10.7 Å². The van der Waals surface area contributed by atoms with Gasteiger partial charge in [0.25, 0.3) is 0 Å². The molecule has 0 saturated carbocycles. The monoisotopic (exact) mass is 361 g/mol. The standard InChI is InChI=1S/C15H28BrN3S/c1-5-7-17-14(11-20-10-12(3)4)15-13(16)9-18-19(15)8-6-2/h9,12,14,17H,5-8,10-11H2,1-4H3. The summed E-state index contributed by atoms with van der Waals surface area (Å²) >= 11 is 5.70. The summed E-state index contributed by atoms with van der Waals surface area (Å²) in [7, 11) is 0. The van der Waals surface area contributed by atoms with Gasteiger partial charge >= 0.3 is 0 Å². The molecule has 0 radical (unpaired) electrons. The van der Waals surface area contributed by atoms with Crippen molar-refractivity contribution in [3.05, 3.63) is 16.4 Å².